The summed E-state index contributed by atoms with van der Waals surface area (Å²) in [5.74, 6) is 0.805. The molecule has 0 aromatic carbocycles. The number of oxime groups is 1. The molecule has 0 aromatic heterocycles. The number of carbonyl (C=O) groups excluding carboxylic acids is 1. The van der Waals surface area contributed by atoms with Gasteiger partial charge in [0.15, 0.2) is 0 Å². The summed E-state index contributed by atoms with van der Waals surface area (Å²) >= 11 is 0. The second-order valence-corrected chi connectivity index (χ2v) is 5.18. The highest BCUT2D eigenvalue weighted by molar-refractivity contribution is 5.82. The fourth-order valence-corrected chi connectivity index (χ4v) is 2.53. The first-order valence-corrected chi connectivity index (χ1v) is 6.91. The Kier molecular flexibility index (Phi) is 6.54. The van der Waals surface area contributed by atoms with Crippen LogP contribution in [0.15, 0.2) is 5.16 Å². The quantitative estimate of drug-likeness (QED) is 0.293. The normalized spacial score (nSPS) is 19.5. The van der Waals surface area contributed by atoms with Crippen molar-refractivity contribution in [1.29, 1.82) is 0 Å². The molecule has 4 N–H and O–H groups in total. The predicted octanol–water partition coefficient (Wildman–Crippen LogP) is 1.99. The van der Waals surface area contributed by atoms with Crippen LogP contribution in [0.25, 0.3) is 0 Å². The smallest absolute Gasteiger partial charge is 0.220 e. The van der Waals surface area contributed by atoms with Crippen LogP contribution < -0.4 is 11.1 Å². The number of amides is 1. The Hall–Kier alpha value is -1.26. The first kappa shape index (κ1) is 14.8. The highest BCUT2D eigenvalue weighted by Gasteiger charge is 2.19. The summed E-state index contributed by atoms with van der Waals surface area (Å²) in [6, 6.07) is -0.0306. The van der Waals surface area contributed by atoms with Crippen LogP contribution in [0.4, 0.5) is 0 Å². The van der Waals surface area contributed by atoms with Gasteiger partial charge in [0.05, 0.1) is 0 Å². The molecule has 104 valence electrons. The highest BCUT2D eigenvalue weighted by Crippen LogP contribution is 2.26. The molecule has 5 heteroatoms. The topological polar surface area (TPSA) is 87.7 Å². The van der Waals surface area contributed by atoms with Crippen LogP contribution in [0, 0.1) is 5.92 Å². The van der Waals surface area contributed by atoms with Crippen molar-refractivity contribution < 1.29 is 10.0 Å². The maximum atomic E-state index is 11.9. The maximum absolute atomic E-state index is 11.9. The maximum Gasteiger partial charge on any atom is 0.220 e. The Labute approximate surface area is 109 Å². The molecule has 1 aliphatic rings. The molecular formula is C13H25N3O2. The molecule has 0 radical (unpaired) electrons. The van der Waals surface area contributed by atoms with E-state index in [4.69, 9.17) is 10.9 Å². The molecule has 1 saturated carbocycles. The zero-order valence-corrected chi connectivity index (χ0v) is 11.2. The molecule has 18 heavy (non-hydrogen) atoms. The summed E-state index contributed by atoms with van der Waals surface area (Å²) in [4.78, 5) is 11.9. The minimum Gasteiger partial charge on any atom is -0.409 e. The zero-order chi connectivity index (χ0) is 13.4. The third-order valence-electron chi connectivity index (χ3n) is 3.64. The number of amidine groups is 1. The molecule has 1 amide bonds. The third kappa shape index (κ3) is 5.38. The largest absolute Gasteiger partial charge is 0.409 e. The number of nitrogens with two attached hydrogens (primary N) is 1. The molecule has 0 aromatic rings. The second kappa shape index (κ2) is 7.95. The monoisotopic (exact) mass is 255 g/mol. The Morgan fingerprint density at radius 2 is 2.11 bits per heavy atom. The SMILES string of the molecule is CCC(CC(N)=NO)NC(=O)CC1CCCCC1. The summed E-state index contributed by atoms with van der Waals surface area (Å²) in [5.41, 5.74) is 5.46. The summed E-state index contributed by atoms with van der Waals surface area (Å²) in [5, 5.41) is 14.4. The van der Waals surface area contributed by atoms with E-state index in [2.05, 4.69) is 10.5 Å². The van der Waals surface area contributed by atoms with Crippen molar-refractivity contribution >= 4 is 11.7 Å². The molecule has 1 unspecified atom stereocenters. The van der Waals surface area contributed by atoms with Crippen LogP contribution in [0.3, 0.4) is 0 Å². The van der Waals surface area contributed by atoms with Crippen molar-refractivity contribution in [2.24, 2.45) is 16.8 Å². The van der Waals surface area contributed by atoms with E-state index in [0.717, 1.165) is 6.42 Å². The molecule has 0 heterocycles. The Bertz CT molecular complexity index is 286. The first-order chi connectivity index (χ1) is 8.65. The van der Waals surface area contributed by atoms with E-state index >= 15 is 0 Å². The molecule has 1 atom stereocenters. The number of rotatable bonds is 6. The van der Waals surface area contributed by atoms with Crippen LogP contribution in [0.1, 0.15) is 58.3 Å². The van der Waals surface area contributed by atoms with E-state index < -0.39 is 0 Å². The summed E-state index contributed by atoms with van der Waals surface area (Å²) in [6.45, 7) is 1.98. The summed E-state index contributed by atoms with van der Waals surface area (Å²) in [7, 11) is 0. The van der Waals surface area contributed by atoms with E-state index in [0.29, 0.717) is 18.8 Å². The van der Waals surface area contributed by atoms with Crippen molar-refractivity contribution in [3.05, 3.63) is 0 Å². The highest BCUT2D eigenvalue weighted by atomic mass is 16.4. The van der Waals surface area contributed by atoms with Crippen molar-refractivity contribution in [1.82, 2.24) is 5.32 Å². The van der Waals surface area contributed by atoms with Crippen LogP contribution in [0.5, 0.6) is 0 Å². The van der Waals surface area contributed by atoms with Gasteiger partial charge in [-0.15, -0.1) is 0 Å². The zero-order valence-electron chi connectivity index (χ0n) is 11.2. The van der Waals surface area contributed by atoms with Crippen LogP contribution in [-0.4, -0.2) is 23.0 Å². The van der Waals surface area contributed by atoms with E-state index in [1.165, 1.54) is 32.1 Å². The molecule has 1 rings (SSSR count). The third-order valence-corrected chi connectivity index (χ3v) is 3.64. The molecular weight excluding hydrogens is 230 g/mol. The van der Waals surface area contributed by atoms with E-state index in [1.54, 1.807) is 0 Å². The Morgan fingerprint density at radius 3 is 2.67 bits per heavy atom. The minimum absolute atomic E-state index is 0.0306. The first-order valence-electron chi connectivity index (χ1n) is 6.91. The van der Waals surface area contributed by atoms with Gasteiger partial charge in [-0.3, -0.25) is 4.79 Å². The van der Waals surface area contributed by atoms with E-state index in [-0.39, 0.29) is 17.8 Å². The molecule has 1 fully saturated rings. The van der Waals surface area contributed by atoms with Gasteiger partial charge in [-0.1, -0.05) is 31.3 Å². The van der Waals surface area contributed by atoms with Gasteiger partial charge in [0.2, 0.25) is 5.91 Å². The lowest BCUT2D eigenvalue weighted by Crippen LogP contribution is -2.38. The van der Waals surface area contributed by atoms with Gasteiger partial charge < -0.3 is 16.3 Å². The van der Waals surface area contributed by atoms with Gasteiger partial charge in [-0.2, -0.15) is 0 Å². The van der Waals surface area contributed by atoms with Crippen LogP contribution in [-0.2, 0) is 4.79 Å². The van der Waals surface area contributed by atoms with Crippen molar-refractivity contribution in [2.75, 3.05) is 0 Å². The molecule has 5 nitrogen and oxygen atoms in total. The van der Waals surface area contributed by atoms with Crippen LogP contribution in [0.2, 0.25) is 0 Å². The summed E-state index contributed by atoms with van der Waals surface area (Å²) < 4.78 is 0. The number of hydrogen-bond acceptors (Lipinski definition) is 3. The average molecular weight is 255 g/mol. The van der Waals surface area contributed by atoms with Gasteiger partial charge in [0, 0.05) is 18.9 Å². The van der Waals surface area contributed by atoms with Gasteiger partial charge in [-0.05, 0) is 25.2 Å². The fourth-order valence-electron chi connectivity index (χ4n) is 2.53. The standard InChI is InChI=1S/C13H25N3O2/c1-2-11(9-12(14)16-18)15-13(17)8-10-6-4-3-5-7-10/h10-11,18H,2-9H2,1H3,(H2,14,16)(H,15,17). The fraction of sp³-hybridized carbons (Fsp3) is 0.846. The lowest BCUT2D eigenvalue weighted by Gasteiger charge is -2.22. The summed E-state index contributed by atoms with van der Waals surface area (Å²) in [6.07, 6.45) is 7.95. The predicted molar refractivity (Wildman–Crippen MR) is 71.4 cm³/mol. The Balaban J connectivity index is 2.32. The number of nitrogens with one attached hydrogen (secondary N) is 1. The van der Waals surface area contributed by atoms with E-state index in [1.807, 2.05) is 6.92 Å². The molecule has 0 bridgehead atoms. The van der Waals surface area contributed by atoms with Crippen molar-refractivity contribution in [2.45, 2.75) is 64.3 Å². The van der Waals surface area contributed by atoms with Crippen molar-refractivity contribution in [3.63, 3.8) is 0 Å². The number of carbonyl (C=O) groups is 1. The molecule has 0 saturated heterocycles. The molecule has 0 aliphatic heterocycles. The van der Waals surface area contributed by atoms with E-state index in [9.17, 15) is 4.79 Å². The molecule has 1 aliphatic carbocycles. The molecule has 0 spiro atoms. The number of nitrogens with zero attached hydrogens (tertiary/aromatic N) is 1. The number of hydrogen-bond donors (Lipinski definition) is 3. The average Bonchev–Trinajstić information content (AvgIpc) is 2.38. The van der Waals surface area contributed by atoms with Gasteiger partial charge in [0.1, 0.15) is 5.84 Å². The van der Waals surface area contributed by atoms with Crippen LogP contribution >= 0.6 is 0 Å². The van der Waals surface area contributed by atoms with Gasteiger partial charge >= 0.3 is 0 Å². The van der Waals surface area contributed by atoms with Gasteiger partial charge in [0.25, 0.3) is 0 Å². The van der Waals surface area contributed by atoms with Gasteiger partial charge in [-0.25, -0.2) is 0 Å². The Morgan fingerprint density at radius 1 is 1.44 bits per heavy atom. The minimum atomic E-state index is -0.0306. The lowest BCUT2D eigenvalue weighted by atomic mass is 9.87. The second-order valence-electron chi connectivity index (χ2n) is 5.18. The lowest BCUT2D eigenvalue weighted by molar-refractivity contribution is -0.122. The van der Waals surface area contributed by atoms with Crippen molar-refractivity contribution in [3.8, 4) is 0 Å².